The van der Waals surface area contributed by atoms with Crippen molar-refractivity contribution in [2.45, 2.75) is 0 Å². The van der Waals surface area contributed by atoms with Gasteiger partial charge in [0.15, 0.2) is 0 Å². The Hall–Kier alpha value is -0.625. The molecule has 0 bridgehead atoms. The number of phenols is 1. The molecule has 0 aliphatic carbocycles. The summed E-state index contributed by atoms with van der Waals surface area (Å²) in [6.07, 6.45) is 0. The van der Waals surface area contributed by atoms with Crippen molar-refractivity contribution >= 4 is 24.9 Å². The summed E-state index contributed by atoms with van der Waals surface area (Å²) in [5.41, 5.74) is 0.511. The number of rotatable bonds is 0. The molecule has 3 heteroatoms. The molecule has 0 unspecified atom stereocenters. The van der Waals surface area contributed by atoms with Crippen molar-refractivity contribution in [2.75, 3.05) is 0 Å². The monoisotopic (exact) mass is 138 g/mol. The van der Waals surface area contributed by atoms with Gasteiger partial charge in [0.25, 0.3) is 0 Å². The van der Waals surface area contributed by atoms with Gasteiger partial charge < -0.3 is 5.11 Å². The van der Waals surface area contributed by atoms with Crippen molar-refractivity contribution in [3.05, 3.63) is 23.2 Å². The highest BCUT2D eigenvalue weighted by atomic mass is 35.5. The Balaban J connectivity index is 3.17. The molecular formula is C6H4BClO. The van der Waals surface area contributed by atoms with Crippen LogP contribution in [0.5, 0.6) is 5.75 Å². The molecule has 1 N–H and O–H groups in total. The minimum Gasteiger partial charge on any atom is -0.506 e. The Bertz CT molecular complexity index is 224. The second-order valence-electron chi connectivity index (χ2n) is 1.71. The lowest BCUT2D eigenvalue weighted by atomic mass is 9.96. The highest BCUT2D eigenvalue weighted by Crippen LogP contribution is 2.19. The molecule has 0 heterocycles. The van der Waals surface area contributed by atoms with Crippen LogP contribution in [-0.2, 0) is 0 Å². The van der Waals surface area contributed by atoms with Crippen LogP contribution in [0.15, 0.2) is 18.2 Å². The zero-order valence-corrected chi connectivity index (χ0v) is 5.39. The Morgan fingerprint density at radius 2 is 2.11 bits per heavy atom. The average Bonchev–Trinajstić information content (AvgIpc) is 1.80. The average molecular weight is 138 g/mol. The van der Waals surface area contributed by atoms with E-state index in [4.69, 9.17) is 24.6 Å². The maximum atomic E-state index is 8.89. The Kier molecular flexibility index (Phi) is 1.67. The van der Waals surface area contributed by atoms with Crippen LogP contribution in [0, 0.1) is 0 Å². The van der Waals surface area contributed by atoms with Crippen LogP contribution in [0.25, 0.3) is 0 Å². The van der Waals surface area contributed by atoms with Crippen molar-refractivity contribution in [1.82, 2.24) is 0 Å². The molecule has 0 atom stereocenters. The molecule has 1 nitrogen and oxygen atoms in total. The van der Waals surface area contributed by atoms with E-state index >= 15 is 0 Å². The first kappa shape index (κ1) is 6.49. The van der Waals surface area contributed by atoms with E-state index in [9.17, 15) is 0 Å². The van der Waals surface area contributed by atoms with Gasteiger partial charge in [0.2, 0.25) is 0 Å². The van der Waals surface area contributed by atoms with Gasteiger partial charge in [-0.05, 0) is 12.1 Å². The van der Waals surface area contributed by atoms with Gasteiger partial charge in [-0.25, -0.2) is 0 Å². The van der Waals surface area contributed by atoms with E-state index in [1.807, 2.05) is 0 Å². The molecule has 1 rings (SSSR count). The standard InChI is InChI=1S/C6H4BClO/c7-4-1-2-5(8)6(9)3-4/h1-3,9H. The molecule has 9 heavy (non-hydrogen) atoms. The van der Waals surface area contributed by atoms with Crippen LogP contribution in [0.4, 0.5) is 0 Å². The third kappa shape index (κ3) is 1.39. The van der Waals surface area contributed by atoms with Gasteiger partial charge in [-0.15, -0.1) is 0 Å². The summed E-state index contributed by atoms with van der Waals surface area (Å²) in [5, 5.41) is 9.21. The van der Waals surface area contributed by atoms with Crippen LogP contribution in [0.2, 0.25) is 5.02 Å². The van der Waals surface area contributed by atoms with Crippen LogP contribution in [0.3, 0.4) is 0 Å². The summed E-state index contributed by atoms with van der Waals surface area (Å²) >= 11 is 5.48. The van der Waals surface area contributed by atoms with Gasteiger partial charge in [0.05, 0.1) is 5.02 Å². The highest BCUT2D eigenvalue weighted by Gasteiger charge is 1.93. The molecule has 0 saturated carbocycles. The fourth-order valence-electron chi connectivity index (χ4n) is 0.530. The molecule has 0 saturated heterocycles. The lowest BCUT2D eigenvalue weighted by molar-refractivity contribution is 0.476. The normalized spacial score (nSPS) is 9.44. The molecule has 1 aromatic rings. The molecule has 1 aromatic carbocycles. The van der Waals surface area contributed by atoms with E-state index in [-0.39, 0.29) is 5.75 Å². The minimum absolute atomic E-state index is 0.0247. The van der Waals surface area contributed by atoms with Gasteiger partial charge in [-0.3, -0.25) is 0 Å². The summed E-state index contributed by atoms with van der Waals surface area (Å²) in [6, 6.07) is 4.58. The van der Waals surface area contributed by atoms with E-state index in [1.165, 1.54) is 6.07 Å². The molecule has 44 valence electrons. The third-order valence-electron chi connectivity index (χ3n) is 0.970. The van der Waals surface area contributed by atoms with Gasteiger partial charge in [0, 0.05) is 0 Å². The first-order valence-corrected chi connectivity index (χ1v) is 2.82. The van der Waals surface area contributed by atoms with Gasteiger partial charge in [-0.1, -0.05) is 23.1 Å². The lowest BCUT2D eigenvalue weighted by Crippen LogP contribution is -1.98. The molecule has 0 spiro atoms. The summed E-state index contributed by atoms with van der Waals surface area (Å²) in [4.78, 5) is 0. The first-order chi connectivity index (χ1) is 4.20. The zero-order valence-electron chi connectivity index (χ0n) is 4.63. The Morgan fingerprint density at radius 1 is 1.44 bits per heavy atom. The van der Waals surface area contributed by atoms with Crippen molar-refractivity contribution in [2.24, 2.45) is 0 Å². The summed E-state index contributed by atoms with van der Waals surface area (Å²) in [7, 11) is 5.31. The first-order valence-electron chi connectivity index (χ1n) is 2.44. The van der Waals surface area contributed by atoms with Gasteiger partial charge in [-0.2, -0.15) is 0 Å². The van der Waals surface area contributed by atoms with Gasteiger partial charge in [0.1, 0.15) is 13.6 Å². The highest BCUT2D eigenvalue weighted by molar-refractivity contribution is 6.35. The molecule has 0 aromatic heterocycles. The minimum atomic E-state index is 0.0247. The second-order valence-corrected chi connectivity index (χ2v) is 2.12. The van der Waals surface area contributed by atoms with Crippen LogP contribution < -0.4 is 5.46 Å². The topological polar surface area (TPSA) is 20.2 Å². The fourth-order valence-corrected chi connectivity index (χ4v) is 0.647. The second kappa shape index (κ2) is 2.32. The van der Waals surface area contributed by atoms with Crippen molar-refractivity contribution < 1.29 is 5.11 Å². The van der Waals surface area contributed by atoms with E-state index in [1.54, 1.807) is 12.1 Å². The maximum absolute atomic E-state index is 8.89. The van der Waals surface area contributed by atoms with E-state index < -0.39 is 0 Å². The predicted octanol–water partition coefficient (Wildman–Crippen LogP) is 0.839. The maximum Gasteiger partial charge on any atom is 0.133 e. The van der Waals surface area contributed by atoms with E-state index in [0.29, 0.717) is 10.5 Å². The number of phenolic OH excluding ortho intramolecular Hbond substituents is 1. The smallest absolute Gasteiger partial charge is 0.133 e. The fraction of sp³-hybridized carbons (Fsp3) is 0. The van der Waals surface area contributed by atoms with Crippen LogP contribution in [0.1, 0.15) is 0 Å². The largest absolute Gasteiger partial charge is 0.506 e. The van der Waals surface area contributed by atoms with Gasteiger partial charge >= 0.3 is 0 Å². The number of benzene rings is 1. The SMILES string of the molecule is [B]c1ccc(Cl)c(O)c1. The third-order valence-corrected chi connectivity index (χ3v) is 1.29. The van der Waals surface area contributed by atoms with E-state index in [2.05, 4.69) is 0 Å². The number of aromatic hydroxyl groups is 1. The number of hydrogen-bond acceptors (Lipinski definition) is 1. The Morgan fingerprint density at radius 3 is 2.56 bits per heavy atom. The van der Waals surface area contributed by atoms with Crippen molar-refractivity contribution in [3.8, 4) is 5.75 Å². The Labute approximate surface area is 59.7 Å². The van der Waals surface area contributed by atoms with Crippen molar-refractivity contribution in [3.63, 3.8) is 0 Å². The molecule has 0 aliphatic rings. The molecule has 0 fully saturated rings. The van der Waals surface area contributed by atoms with Crippen LogP contribution in [-0.4, -0.2) is 13.0 Å². The summed E-state index contributed by atoms with van der Waals surface area (Å²) in [5.74, 6) is 0.0247. The molecule has 0 aliphatic heterocycles. The van der Waals surface area contributed by atoms with Crippen molar-refractivity contribution in [1.29, 1.82) is 0 Å². The summed E-state index contributed by atoms with van der Waals surface area (Å²) in [6.45, 7) is 0. The number of halogens is 1. The quantitative estimate of drug-likeness (QED) is 0.527. The summed E-state index contributed by atoms with van der Waals surface area (Å²) < 4.78 is 0. The van der Waals surface area contributed by atoms with Crippen LogP contribution >= 0.6 is 11.6 Å². The molecule has 2 radical (unpaired) electrons. The van der Waals surface area contributed by atoms with E-state index in [0.717, 1.165) is 0 Å². The molecule has 0 amide bonds. The lowest BCUT2D eigenvalue weighted by Gasteiger charge is -1.95. The molecular weight excluding hydrogens is 134 g/mol. The predicted molar refractivity (Wildman–Crippen MR) is 38.5 cm³/mol. The zero-order chi connectivity index (χ0) is 6.85. The number of hydrogen-bond donors (Lipinski definition) is 1.